The molecule has 0 spiro atoms. The standard InChI is InChI=1S/C26H27BrClN3O3/c27-21-14-20-2-1-19-15-22(28)3-4-23(19)25(26(20)31(34)16-21)18-7-9-29(10-8-18)24(32)13-17-5-11-30(33)12-6-17/h3-6,11-12,14-16,18,25,33-34H,1-2,7-10,13H2/q+2/t25-/m0/s1. The molecular formula is C26H27BrClN3O3+2. The molecule has 1 amide bonds. The molecule has 8 heteroatoms. The smallest absolute Gasteiger partial charge is 0.245 e. The number of aryl methyl sites for hydroxylation is 2. The van der Waals surface area contributed by atoms with Gasteiger partial charge >= 0.3 is 0 Å². The first-order valence-electron chi connectivity index (χ1n) is 11.6. The maximum absolute atomic E-state index is 12.9. The van der Waals surface area contributed by atoms with Crippen LogP contribution in [0, 0.1) is 5.92 Å². The van der Waals surface area contributed by atoms with Gasteiger partial charge in [0.25, 0.3) is 0 Å². The molecule has 0 saturated carbocycles. The number of aromatic nitrogens is 2. The minimum absolute atomic E-state index is 0.0363. The average Bonchev–Trinajstić information content (AvgIpc) is 2.97. The van der Waals surface area contributed by atoms with Crippen LogP contribution >= 0.6 is 27.5 Å². The zero-order chi connectivity index (χ0) is 23.8. The third-order valence-electron chi connectivity index (χ3n) is 7.13. The Hall–Kier alpha value is -2.64. The fraction of sp³-hybridized carbons (Fsp3) is 0.346. The summed E-state index contributed by atoms with van der Waals surface area (Å²) in [6.45, 7) is 1.38. The minimum atomic E-state index is 0.0363. The molecule has 34 heavy (non-hydrogen) atoms. The molecule has 1 aliphatic carbocycles. The number of benzene rings is 1. The number of hydrogen-bond acceptors (Lipinski definition) is 3. The molecule has 1 atom stereocenters. The van der Waals surface area contributed by atoms with Crippen LogP contribution in [0.3, 0.4) is 0 Å². The molecule has 2 aliphatic rings. The molecule has 1 fully saturated rings. The van der Waals surface area contributed by atoms with Gasteiger partial charge in [0.15, 0.2) is 0 Å². The Bertz CT molecular complexity index is 1230. The Balaban J connectivity index is 1.40. The number of likely N-dealkylation sites (tertiary alicyclic amines) is 1. The van der Waals surface area contributed by atoms with E-state index in [0.717, 1.165) is 56.7 Å². The number of carbonyl (C=O) groups excluding carboxylic acids is 1. The summed E-state index contributed by atoms with van der Waals surface area (Å²) < 4.78 is 3.11. The summed E-state index contributed by atoms with van der Waals surface area (Å²) in [4.78, 5) is 14.8. The van der Waals surface area contributed by atoms with Crippen LogP contribution in [0.4, 0.5) is 0 Å². The maximum Gasteiger partial charge on any atom is 0.245 e. The van der Waals surface area contributed by atoms with Crippen molar-refractivity contribution in [2.75, 3.05) is 13.1 Å². The number of carbonyl (C=O) groups is 1. The fourth-order valence-corrected chi connectivity index (χ4v) is 6.14. The van der Waals surface area contributed by atoms with Crippen LogP contribution in [0.5, 0.6) is 0 Å². The molecule has 1 saturated heterocycles. The molecule has 0 bridgehead atoms. The first kappa shape index (κ1) is 23.1. The largest absolute Gasteiger partial charge is 0.342 e. The topological polar surface area (TPSA) is 68.5 Å². The molecule has 3 heterocycles. The Labute approximate surface area is 212 Å². The normalized spacial score (nSPS) is 18.2. The van der Waals surface area contributed by atoms with E-state index in [1.54, 1.807) is 18.3 Å². The number of pyridine rings is 2. The van der Waals surface area contributed by atoms with Crippen molar-refractivity contribution in [2.45, 2.75) is 38.0 Å². The van der Waals surface area contributed by atoms with Crippen LogP contribution in [0.15, 0.2) is 59.5 Å². The summed E-state index contributed by atoms with van der Waals surface area (Å²) in [7, 11) is 0. The molecule has 2 aromatic heterocycles. The zero-order valence-corrected chi connectivity index (χ0v) is 21.0. The second-order valence-corrected chi connectivity index (χ2v) is 10.6. The number of hydrogen-bond donors (Lipinski definition) is 2. The summed E-state index contributed by atoms with van der Waals surface area (Å²) in [5.74, 6) is 0.434. The van der Waals surface area contributed by atoms with Gasteiger partial charge in [0.1, 0.15) is 0 Å². The van der Waals surface area contributed by atoms with Crippen LogP contribution in [-0.2, 0) is 24.1 Å². The van der Waals surface area contributed by atoms with Crippen molar-refractivity contribution in [1.29, 1.82) is 0 Å². The highest BCUT2D eigenvalue weighted by atomic mass is 79.9. The van der Waals surface area contributed by atoms with E-state index in [9.17, 15) is 15.2 Å². The zero-order valence-electron chi connectivity index (χ0n) is 18.7. The van der Waals surface area contributed by atoms with Crippen LogP contribution in [0.2, 0.25) is 5.02 Å². The predicted molar refractivity (Wildman–Crippen MR) is 129 cm³/mol. The number of nitrogens with zero attached hydrogens (tertiary/aromatic N) is 3. The van der Waals surface area contributed by atoms with Gasteiger partial charge in [-0.1, -0.05) is 17.7 Å². The molecular weight excluding hydrogens is 518 g/mol. The Morgan fingerprint density at radius 3 is 2.50 bits per heavy atom. The van der Waals surface area contributed by atoms with Gasteiger partial charge in [-0.25, -0.2) is 0 Å². The quantitative estimate of drug-likeness (QED) is 0.389. The highest BCUT2D eigenvalue weighted by molar-refractivity contribution is 9.10. The lowest BCUT2D eigenvalue weighted by Crippen LogP contribution is -2.44. The Morgan fingerprint density at radius 2 is 1.76 bits per heavy atom. The maximum atomic E-state index is 12.9. The van der Waals surface area contributed by atoms with Crippen molar-refractivity contribution < 1.29 is 24.7 Å². The average molecular weight is 545 g/mol. The van der Waals surface area contributed by atoms with Crippen molar-refractivity contribution in [3.63, 3.8) is 0 Å². The highest BCUT2D eigenvalue weighted by Gasteiger charge is 2.40. The van der Waals surface area contributed by atoms with E-state index < -0.39 is 0 Å². The van der Waals surface area contributed by atoms with E-state index in [-0.39, 0.29) is 11.8 Å². The van der Waals surface area contributed by atoms with Gasteiger partial charge in [0.2, 0.25) is 30.2 Å². The number of fused-ring (bicyclic) bond motifs is 2. The SMILES string of the molecule is O=C(Cc1cc[n+](O)cc1)N1CCC([C@H]2c3ccc(Cl)cc3CCc3cc(Br)c[n+](O)c32)CC1. The van der Waals surface area contributed by atoms with E-state index in [1.807, 2.05) is 11.0 Å². The van der Waals surface area contributed by atoms with Crippen molar-refractivity contribution in [1.82, 2.24) is 4.90 Å². The van der Waals surface area contributed by atoms with Gasteiger partial charge < -0.3 is 4.90 Å². The van der Waals surface area contributed by atoms with Gasteiger partial charge in [-0.05, 0) is 82.4 Å². The number of halogens is 2. The van der Waals surface area contributed by atoms with E-state index in [1.165, 1.54) is 28.3 Å². The van der Waals surface area contributed by atoms with Gasteiger partial charge in [0.05, 0.1) is 16.8 Å². The third-order valence-corrected chi connectivity index (χ3v) is 7.80. The van der Waals surface area contributed by atoms with Crippen LogP contribution in [0.25, 0.3) is 0 Å². The van der Waals surface area contributed by atoms with E-state index >= 15 is 0 Å². The fourth-order valence-electron chi connectivity index (χ4n) is 5.48. The summed E-state index contributed by atoms with van der Waals surface area (Å²) >= 11 is 9.86. The summed E-state index contributed by atoms with van der Waals surface area (Å²) in [6, 6.07) is 11.7. The van der Waals surface area contributed by atoms with Gasteiger partial charge in [0, 0.05) is 45.3 Å². The van der Waals surface area contributed by atoms with Gasteiger partial charge in [-0.15, -0.1) is 0 Å². The summed E-state index contributed by atoms with van der Waals surface area (Å²) in [5.41, 5.74) is 5.41. The monoisotopic (exact) mass is 543 g/mol. The lowest BCUT2D eigenvalue weighted by molar-refractivity contribution is -0.911. The summed E-state index contributed by atoms with van der Waals surface area (Å²) in [5, 5.41) is 21.1. The molecule has 1 aliphatic heterocycles. The molecule has 5 rings (SSSR count). The minimum Gasteiger partial charge on any atom is -0.342 e. The first-order chi connectivity index (χ1) is 16.4. The van der Waals surface area contributed by atoms with Crippen molar-refractivity contribution in [3.05, 3.63) is 92.4 Å². The van der Waals surface area contributed by atoms with Gasteiger partial charge in [-0.2, -0.15) is 0 Å². The number of amides is 1. The Morgan fingerprint density at radius 1 is 1.06 bits per heavy atom. The molecule has 3 aromatic rings. The first-order valence-corrected chi connectivity index (χ1v) is 12.7. The number of rotatable bonds is 3. The molecule has 0 unspecified atom stereocenters. The molecule has 2 N–H and O–H groups in total. The molecule has 176 valence electrons. The van der Waals surface area contributed by atoms with E-state index in [0.29, 0.717) is 25.4 Å². The van der Waals surface area contributed by atoms with Crippen molar-refractivity contribution in [3.8, 4) is 0 Å². The van der Waals surface area contributed by atoms with E-state index in [2.05, 4.69) is 34.1 Å². The predicted octanol–water partition coefficient (Wildman–Crippen LogP) is 3.86. The Kier molecular flexibility index (Phi) is 6.49. The lowest BCUT2D eigenvalue weighted by atomic mass is 9.76. The van der Waals surface area contributed by atoms with Crippen molar-refractivity contribution in [2.24, 2.45) is 5.92 Å². The second-order valence-electron chi connectivity index (χ2n) is 9.22. The number of piperidine rings is 1. The molecule has 1 aromatic carbocycles. The van der Waals surface area contributed by atoms with Gasteiger partial charge in [-0.3, -0.25) is 15.2 Å². The van der Waals surface area contributed by atoms with E-state index in [4.69, 9.17) is 11.6 Å². The van der Waals surface area contributed by atoms with Crippen LogP contribution in [-0.4, -0.2) is 34.3 Å². The second kappa shape index (κ2) is 9.55. The molecule has 0 radical (unpaired) electrons. The van der Waals surface area contributed by atoms with Crippen LogP contribution in [0.1, 0.15) is 46.7 Å². The summed E-state index contributed by atoms with van der Waals surface area (Å²) in [6.07, 6.45) is 8.53. The third kappa shape index (κ3) is 4.64. The molecule has 6 nitrogen and oxygen atoms in total. The van der Waals surface area contributed by atoms with Crippen molar-refractivity contribution >= 4 is 33.4 Å². The lowest BCUT2D eigenvalue weighted by Gasteiger charge is -2.35. The van der Waals surface area contributed by atoms with Crippen LogP contribution < -0.4 is 9.46 Å². The highest BCUT2D eigenvalue weighted by Crippen LogP contribution is 2.42.